The Labute approximate surface area is 141 Å². The van der Waals surface area contributed by atoms with Crippen molar-refractivity contribution in [2.75, 3.05) is 11.9 Å². The van der Waals surface area contributed by atoms with Gasteiger partial charge in [-0.05, 0) is 42.3 Å². The highest BCUT2D eigenvalue weighted by atomic mass is 32.2. The summed E-state index contributed by atoms with van der Waals surface area (Å²) < 4.78 is 26.6. The standard InChI is InChI=1S/C17H17N3O3S/c1-2-13-6-8-16(9-7-13)24(22,23)19-12-17(21)20-15-5-3-4-14(10-15)11-18/h3-10,19H,2,12H2,1H3,(H,20,21). The second-order valence-electron chi connectivity index (χ2n) is 5.06. The number of nitriles is 1. The molecule has 0 saturated carbocycles. The van der Waals surface area contributed by atoms with Crippen molar-refractivity contribution in [3.63, 3.8) is 0 Å². The summed E-state index contributed by atoms with van der Waals surface area (Å²) in [7, 11) is -3.75. The van der Waals surface area contributed by atoms with Gasteiger partial charge in [-0.15, -0.1) is 0 Å². The number of aryl methyl sites for hydroxylation is 1. The van der Waals surface area contributed by atoms with Crippen molar-refractivity contribution in [1.82, 2.24) is 4.72 Å². The molecule has 2 aromatic rings. The van der Waals surface area contributed by atoms with Gasteiger partial charge in [0.2, 0.25) is 15.9 Å². The van der Waals surface area contributed by atoms with Gasteiger partial charge in [0.05, 0.1) is 23.1 Å². The van der Waals surface area contributed by atoms with Gasteiger partial charge in [0, 0.05) is 5.69 Å². The lowest BCUT2D eigenvalue weighted by Gasteiger charge is -2.08. The number of rotatable bonds is 6. The van der Waals surface area contributed by atoms with E-state index in [1.807, 2.05) is 13.0 Å². The molecule has 7 heteroatoms. The Morgan fingerprint density at radius 3 is 2.50 bits per heavy atom. The average Bonchev–Trinajstić information content (AvgIpc) is 2.60. The van der Waals surface area contributed by atoms with E-state index in [1.54, 1.807) is 30.3 Å². The van der Waals surface area contributed by atoms with Crippen LogP contribution in [0.5, 0.6) is 0 Å². The first-order valence-electron chi connectivity index (χ1n) is 7.33. The van der Waals surface area contributed by atoms with Gasteiger partial charge < -0.3 is 5.32 Å². The number of hydrogen-bond acceptors (Lipinski definition) is 4. The summed E-state index contributed by atoms with van der Waals surface area (Å²) in [5, 5.41) is 11.4. The highest BCUT2D eigenvalue weighted by Gasteiger charge is 2.15. The fourth-order valence-corrected chi connectivity index (χ4v) is 3.00. The topological polar surface area (TPSA) is 99.1 Å². The molecule has 2 aromatic carbocycles. The molecular formula is C17H17N3O3S. The average molecular weight is 343 g/mol. The highest BCUT2D eigenvalue weighted by molar-refractivity contribution is 7.89. The van der Waals surface area contributed by atoms with Crippen molar-refractivity contribution in [1.29, 1.82) is 5.26 Å². The molecule has 0 spiro atoms. The van der Waals surface area contributed by atoms with Crippen LogP contribution in [0.1, 0.15) is 18.1 Å². The number of amides is 1. The summed E-state index contributed by atoms with van der Waals surface area (Å²) in [6.45, 7) is 1.59. The van der Waals surface area contributed by atoms with Gasteiger partial charge in [0.25, 0.3) is 0 Å². The monoisotopic (exact) mass is 343 g/mol. The Kier molecular flexibility index (Phi) is 5.68. The van der Waals surface area contributed by atoms with E-state index in [1.165, 1.54) is 18.2 Å². The van der Waals surface area contributed by atoms with Gasteiger partial charge in [-0.2, -0.15) is 5.26 Å². The lowest BCUT2D eigenvalue weighted by molar-refractivity contribution is -0.115. The fourth-order valence-electron chi connectivity index (χ4n) is 2.02. The Morgan fingerprint density at radius 1 is 1.17 bits per heavy atom. The zero-order valence-electron chi connectivity index (χ0n) is 13.1. The highest BCUT2D eigenvalue weighted by Crippen LogP contribution is 2.11. The second-order valence-corrected chi connectivity index (χ2v) is 6.83. The van der Waals surface area contributed by atoms with Gasteiger partial charge in [-0.25, -0.2) is 13.1 Å². The molecule has 0 radical (unpaired) electrons. The van der Waals surface area contributed by atoms with Crippen LogP contribution in [0.25, 0.3) is 0 Å². The molecule has 6 nitrogen and oxygen atoms in total. The molecule has 0 aliphatic rings. The van der Waals surface area contributed by atoms with Crippen LogP contribution >= 0.6 is 0 Å². The molecule has 2 N–H and O–H groups in total. The van der Waals surface area contributed by atoms with Crippen LogP contribution in [0.2, 0.25) is 0 Å². The first-order valence-corrected chi connectivity index (χ1v) is 8.81. The van der Waals surface area contributed by atoms with E-state index in [-0.39, 0.29) is 4.90 Å². The van der Waals surface area contributed by atoms with E-state index in [2.05, 4.69) is 10.0 Å². The lowest BCUT2D eigenvalue weighted by atomic mass is 10.2. The molecule has 0 unspecified atom stereocenters. The minimum atomic E-state index is -3.75. The number of benzene rings is 2. The van der Waals surface area contributed by atoms with Crippen LogP contribution in [0.3, 0.4) is 0 Å². The molecule has 0 atom stereocenters. The maximum absolute atomic E-state index is 12.2. The normalized spacial score (nSPS) is 10.8. The van der Waals surface area contributed by atoms with Crippen molar-refractivity contribution in [2.45, 2.75) is 18.2 Å². The Hall–Kier alpha value is -2.69. The third-order valence-corrected chi connectivity index (χ3v) is 4.76. The third-order valence-electron chi connectivity index (χ3n) is 3.34. The Morgan fingerprint density at radius 2 is 1.88 bits per heavy atom. The predicted octanol–water partition coefficient (Wildman–Crippen LogP) is 2.04. The SMILES string of the molecule is CCc1ccc(S(=O)(=O)NCC(=O)Nc2cccc(C#N)c2)cc1. The van der Waals surface area contributed by atoms with Gasteiger partial charge in [-0.1, -0.05) is 25.1 Å². The van der Waals surface area contributed by atoms with E-state index in [4.69, 9.17) is 5.26 Å². The van der Waals surface area contributed by atoms with E-state index in [0.717, 1.165) is 12.0 Å². The minimum Gasteiger partial charge on any atom is -0.325 e. The van der Waals surface area contributed by atoms with Crippen molar-refractivity contribution in [3.05, 3.63) is 59.7 Å². The summed E-state index contributed by atoms with van der Waals surface area (Å²) >= 11 is 0. The second kappa shape index (κ2) is 7.73. The number of nitrogens with one attached hydrogen (secondary N) is 2. The Balaban J connectivity index is 1.98. The van der Waals surface area contributed by atoms with Crippen LogP contribution in [-0.2, 0) is 21.2 Å². The summed E-state index contributed by atoms with van der Waals surface area (Å²) in [5.74, 6) is -0.515. The molecule has 124 valence electrons. The first kappa shape index (κ1) is 17.7. The number of carbonyl (C=O) groups is 1. The lowest BCUT2D eigenvalue weighted by Crippen LogP contribution is -2.32. The van der Waals surface area contributed by atoms with Crippen LogP contribution in [-0.4, -0.2) is 20.9 Å². The smallest absolute Gasteiger partial charge is 0.241 e. The molecule has 0 aliphatic carbocycles. The zero-order chi connectivity index (χ0) is 17.6. The molecule has 0 aromatic heterocycles. The zero-order valence-corrected chi connectivity index (χ0v) is 13.9. The van der Waals surface area contributed by atoms with Gasteiger partial charge in [0.1, 0.15) is 0 Å². The first-order chi connectivity index (χ1) is 11.4. The van der Waals surface area contributed by atoms with E-state index in [9.17, 15) is 13.2 Å². The van der Waals surface area contributed by atoms with Crippen molar-refractivity contribution < 1.29 is 13.2 Å². The Bertz CT molecular complexity index is 869. The molecule has 0 fully saturated rings. The number of hydrogen-bond donors (Lipinski definition) is 2. The van der Waals surface area contributed by atoms with Crippen molar-refractivity contribution in [2.24, 2.45) is 0 Å². The summed E-state index contributed by atoms with van der Waals surface area (Å²) in [4.78, 5) is 12.0. The molecule has 1 amide bonds. The largest absolute Gasteiger partial charge is 0.325 e. The van der Waals surface area contributed by atoms with E-state index < -0.39 is 22.5 Å². The third kappa shape index (κ3) is 4.65. The molecular weight excluding hydrogens is 326 g/mol. The maximum Gasteiger partial charge on any atom is 0.241 e. The van der Waals surface area contributed by atoms with Crippen LogP contribution in [0.4, 0.5) is 5.69 Å². The quantitative estimate of drug-likeness (QED) is 0.838. The summed E-state index contributed by atoms with van der Waals surface area (Å²) in [6.07, 6.45) is 0.817. The van der Waals surface area contributed by atoms with Gasteiger partial charge >= 0.3 is 0 Å². The molecule has 0 aliphatic heterocycles. The molecule has 24 heavy (non-hydrogen) atoms. The number of nitrogens with zero attached hydrogens (tertiary/aromatic N) is 1. The number of anilines is 1. The van der Waals surface area contributed by atoms with E-state index >= 15 is 0 Å². The van der Waals surface area contributed by atoms with Gasteiger partial charge in [-0.3, -0.25) is 4.79 Å². The van der Waals surface area contributed by atoms with Crippen LogP contribution < -0.4 is 10.0 Å². The molecule has 0 heterocycles. The number of sulfonamides is 1. The molecule has 0 saturated heterocycles. The van der Waals surface area contributed by atoms with Crippen molar-refractivity contribution in [3.8, 4) is 6.07 Å². The number of carbonyl (C=O) groups excluding carboxylic acids is 1. The van der Waals surface area contributed by atoms with E-state index in [0.29, 0.717) is 11.3 Å². The summed E-state index contributed by atoms with van der Waals surface area (Å²) in [6, 6.07) is 14.8. The fraction of sp³-hybridized carbons (Fsp3) is 0.176. The van der Waals surface area contributed by atoms with Crippen LogP contribution in [0, 0.1) is 11.3 Å². The summed E-state index contributed by atoms with van der Waals surface area (Å²) in [5.41, 5.74) is 1.87. The van der Waals surface area contributed by atoms with Gasteiger partial charge in [0.15, 0.2) is 0 Å². The maximum atomic E-state index is 12.2. The van der Waals surface area contributed by atoms with Crippen molar-refractivity contribution >= 4 is 21.6 Å². The molecule has 0 bridgehead atoms. The predicted molar refractivity (Wildman–Crippen MR) is 90.8 cm³/mol. The van der Waals surface area contributed by atoms with Crippen LogP contribution in [0.15, 0.2) is 53.4 Å². The molecule has 2 rings (SSSR count). The minimum absolute atomic E-state index is 0.110.